The fraction of sp³-hybridized carbons (Fsp3) is 0.357. The van der Waals surface area contributed by atoms with Crippen LogP contribution in [-0.4, -0.2) is 16.1 Å². The maximum absolute atomic E-state index is 14.1. The van der Waals surface area contributed by atoms with Gasteiger partial charge in [0.25, 0.3) is 0 Å². The van der Waals surface area contributed by atoms with E-state index in [1.54, 1.807) is 23.0 Å². The quantitative estimate of drug-likeness (QED) is 0.900. The molecule has 2 aromatic rings. The molecular formula is C14H18FN3. The number of halogens is 1. The lowest BCUT2D eigenvalue weighted by molar-refractivity contribution is 0.611. The van der Waals surface area contributed by atoms with Gasteiger partial charge >= 0.3 is 0 Å². The lowest BCUT2D eigenvalue weighted by atomic mass is 10.2. The number of benzene rings is 1. The second kappa shape index (κ2) is 5.31. The lowest BCUT2D eigenvalue weighted by Crippen LogP contribution is -2.12. The van der Waals surface area contributed by atoms with E-state index in [4.69, 9.17) is 0 Å². The number of aromatic nitrogens is 2. The monoisotopic (exact) mass is 247 g/mol. The summed E-state index contributed by atoms with van der Waals surface area (Å²) in [5.74, 6) is -0.217. The predicted octanol–water partition coefficient (Wildman–Crippen LogP) is 2.74. The number of hydrogen-bond donors (Lipinski definition) is 1. The van der Waals surface area contributed by atoms with Crippen LogP contribution in [0.5, 0.6) is 0 Å². The van der Waals surface area contributed by atoms with Crippen LogP contribution in [0.4, 0.5) is 4.39 Å². The molecule has 96 valence electrons. The summed E-state index contributed by atoms with van der Waals surface area (Å²) >= 11 is 0. The number of imidazole rings is 1. The van der Waals surface area contributed by atoms with Crippen LogP contribution in [0.2, 0.25) is 0 Å². The third kappa shape index (κ3) is 2.43. The van der Waals surface area contributed by atoms with Crippen molar-refractivity contribution in [1.82, 2.24) is 14.9 Å². The van der Waals surface area contributed by atoms with Crippen molar-refractivity contribution >= 4 is 0 Å². The highest BCUT2D eigenvalue weighted by molar-refractivity contribution is 5.38. The molecule has 1 N–H and O–H groups in total. The second-order valence-electron chi connectivity index (χ2n) is 4.35. The van der Waals surface area contributed by atoms with Crippen LogP contribution in [0, 0.1) is 19.7 Å². The Morgan fingerprint density at radius 2 is 2.11 bits per heavy atom. The van der Waals surface area contributed by atoms with E-state index in [0.29, 0.717) is 12.2 Å². The Hall–Kier alpha value is -1.68. The van der Waals surface area contributed by atoms with Gasteiger partial charge in [0.05, 0.1) is 17.7 Å². The van der Waals surface area contributed by atoms with Crippen LogP contribution >= 0.6 is 0 Å². The van der Waals surface area contributed by atoms with Gasteiger partial charge in [0, 0.05) is 12.2 Å². The van der Waals surface area contributed by atoms with E-state index in [2.05, 4.69) is 10.3 Å². The number of rotatable bonds is 4. The van der Waals surface area contributed by atoms with Gasteiger partial charge in [-0.1, -0.05) is 13.0 Å². The van der Waals surface area contributed by atoms with Crippen molar-refractivity contribution in [1.29, 1.82) is 0 Å². The molecule has 2 rings (SSSR count). The molecular weight excluding hydrogens is 229 g/mol. The van der Waals surface area contributed by atoms with Gasteiger partial charge < -0.3 is 9.88 Å². The highest BCUT2D eigenvalue weighted by atomic mass is 19.1. The lowest BCUT2D eigenvalue weighted by Gasteiger charge is -2.09. The summed E-state index contributed by atoms with van der Waals surface area (Å²) in [6.45, 7) is 7.46. The Morgan fingerprint density at radius 1 is 1.33 bits per heavy atom. The first kappa shape index (κ1) is 12.8. The zero-order valence-corrected chi connectivity index (χ0v) is 11.0. The molecule has 3 nitrogen and oxygen atoms in total. The average molecular weight is 247 g/mol. The molecule has 0 aliphatic heterocycles. The van der Waals surface area contributed by atoms with Crippen molar-refractivity contribution in [3.05, 3.63) is 47.3 Å². The van der Waals surface area contributed by atoms with Gasteiger partial charge in [-0.3, -0.25) is 0 Å². The summed E-state index contributed by atoms with van der Waals surface area (Å²) in [5, 5.41) is 3.18. The standard InChI is InChI=1S/C14H18FN3/c1-4-16-8-12-5-6-14(13(15)7-12)18-9-17-10(2)11(18)3/h5-7,9,16H,4,8H2,1-3H3. The Kier molecular flexibility index (Phi) is 3.77. The molecule has 1 aromatic carbocycles. The zero-order valence-electron chi connectivity index (χ0n) is 11.0. The Balaban J connectivity index is 2.32. The number of hydrogen-bond acceptors (Lipinski definition) is 2. The molecule has 1 aromatic heterocycles. The van der Waals surface area contributed by atoms with Crippen molar-refractivity contribution in [2.75, 3.05) is 6.54 Å². The van der Waals surface area contributed by atoms with Crippen LogP contribution in [0.15, 0.2) is 24.5 Å². The molecule has 1 heterocycles. The number of nitrogens with one attached hydrogen (secondary N) is 1. The highest BCUT2D eigenvalue weighted by Crippen LogP contribution is 2.18. The normalized spacial score (nSPS) is 10.9. The van der Waals surface area contributed by atoms with Crippen molar-refractivity contribution in [2.45, 2.75) is 27.3 Å². The van der Waals surface area contributed by atoms with Crippen molar-refractivity contribution in [2.24, 2.45) is 0 Å². The molecule has 0 aliphatic rings. The van der Waals surface area contributed by atoms with Gasteiger partial charge in [0.15, 0.2) is 0 Å². The second-order valence-corrected chi connectivity index (χ2v) is 4.35. The minimum Gasteiger partial charge on any atom is -0.313 e. The fourth-order valence-corrected chi connectivity index (χ4v) is 1.87. The molecule has 4 heteroatoms. The van der Waals surface area contributed by atoms with Gasteiger partial charge in [-0.05, 0) is 38.1 Å². The summed E-state index contributed by atoms with van der Waals surface area (Å²) < 4.78 is 15.9. The van der Waals surface area contributed by atoms with E-state index in [0.717, 1.165) is 23.5 Å². The fourth-order valence-electron chi connectivity index (χ4n) is 1.87. The molecule has 0 amide bonds. The molecule has 0 unspecified atom stereocenters. The Labute approximate surface area is 107 Å². The van der Waals surface area contributed by atoms with E-state index >= 15 is 0 Å². The zero-order chi connectivity index (χ0) is 13.1. The van der Waals surface area contributed by atoms with E-state index in [-0.39, 0.29) is 5.82 Å². The van der Waals surface area contributed by atoms with Gasteiger partial charge in [-0.25, -0.2) is 9.37 Å². The SMILES string of the molecule is CCNCc1ccc(-n2cnc(C)c2C)c(F)c1. The summed E-state index contributed by atoms with van der Waals surface area (Å²) in [6.07, 6.45) is 1.66. The minimum absolute atomic E-state index is 0.217. The average Bonchev–Trinajstić information content (AvgIpc) is 2.68. The molecule has 0 bridgehead atoms. The van der Waals surface area contributed by atoms with Crippen LogP contribution in [0.25, 0.3) is 5.69 Å². The summed E-state index contributed by atoms with van der Waals surface area (Å²) in [7, 11) is 0. The Bertz CT molecular complexity index is 546. The smallest absolute Gasteiger partial charge is 0.147 e. The van der Waals surface area contributed by atoms with Gasteiger partial charge in [-0.15, -0.1) is 0 Å². The largest absolute Gasteiger partial charge is 0.313 e. The van der Waals surface area contributed by atoms with Crippen molar-refractivity contribution in [3.63, 3.8) is 0 Å². The molecule has 0 spiro atoms. The first-order chi connectivity index (χ1) is 8.63. The van der Waals surface area contributed by atoms with Crippen molar-refractivity contribution < 1.29 is 4.39 Å². The topological polar surface area (TPSA) is 29.9 Å². The maximum atomic E-state index is 14.1. The molecule has 0 fully saturated rings. The van der Waals surface area contributed by atoms with E-state index in [9.17, 15) is 4.39 Å². The van der Waals surface area contributed by atoms with Crippen LogP contribution < -0.4 is 5.32 Å². The van der Waals surface area contributed by atoms with Gasteiger partial charge in [0.2, 0.25) is 0 Å². The molecule has 18 heavy (non-hydrogen) atoms. The molecule has 0 atom stereocenters. The van der Waals surface area contributed by atoms with Gasteiger partial charge in [0.1, 0.15) is 5.82 Å². The van der Waals surface area contributed by atoms with E-state index in [1.165, 1.54) is 0 Å². The van der Waals surface area contributed by atoms with Gasteiger partial charge in [-0.2, -0.15) is 0 Å². The van der Waals surface area contributed by atoms with Crippen LogP contribution in [0.3, 0.4) is 0 Å². The predicted molar refractivity (Wildman–Crippen MR) is 70.4 cm³/mol. The number of nitrogens with zero attached hydrogens (tertiary/aromatic N) is 2. The third-order valence-corrected chi connectivity index (χ3v) is 3.10. The highest BCUT2D eigenvalue weighted by Gasteiger charge is 2.09. The molecule has 0 aliphatic carbocycles. The molecule has 0 saturated carbocycles. The first-order valence-electron chi connectivity index (χ1n) is 6.13. The van der Waals surface area contributed by atoms with E-state index in [1.807, 2.05) is 26.8 Å². The first-order valence-corrected chi connectivity index (χ1v) is 6.13. The summed E-state index contributed by atoms with van der Waals surface area (Å²) in [6, 6.07) is 5.32. The van der Waals surface area contributed by atoms with E-state index < -0.39 is 0 Å². The molecule has 0 saturated heterocycles. The van der Waals surface area contributed by atoms with Crippen LogP contribution in [0.1, 0.15) is 23.9 Å². The maximum Gasteiger partial charge on any atom is 0.147 e. The minimum atomic E-state index is -0.217. The summed E-state index contributed by atoms with van der Waals surface area (Å²) in [4.78, 5) is 4.19. The van der Waals surface area contributed by atoms with Crippen molar-refractivity contribution in [3.8, 4) is 5.69 Å². The third-order valence-electron chi connectivity index (χ3n) is 3.10. The van der Waals surface area contributed by atoms with Crippen LogP contribution in [-0.2, 0) is 6.54 Å². The molecule has 0 radical (unpaired) electrons. The summed E-state index contributed by atoms with van der Waals surface area (Å²) in [5.41, 5.74) is 3.39. The Morgan fingerprint density at radius 3 is 2.67 bits per heavy atom. The number of aryl methyl sites for hydroxylation is 1.